The van der Waals surface area contributed by atoms with Gasteiger partial charge >= 0.3 is 0 Å². The minimum absolute atomic E-state index is 0.155. The van der Waals surface area contributed by atoms with Crippen molar-refractivity contribution < 1.29 is 4.79 Å². The molecule has 0 saturated carbocycles. The fourth-order valence-electron chi connectivity index (χ4n) is 2.25. The fourth-order valence-corrected chi connectivity index (χ4v) is 2.90. The SMILES string of the molecule is CNc1nc(C(=O)N[C@@H](Cn2ccnc2)c2ccccc2)cs1. The molecule has 0 radical (unpaired) electrons. The maximum absolute atomic E-state index is 12.5. The third kappa shape index (κ3) is 3.75. The molecule has 0 unspecified atom stereocenters. The lowest BCUT2D eigenvalue weighted by atomic mass is 10.1. The molecule has 7 heteroatoms. The largest absolute Gasteiger partial charge is 0.365 e. The van der Waals surface area contributed by atoms with E-state index in [1.165, 1.54) is 11.3 Å². The van der Waals surface area contributed by atoms with Crippen LogP contribution in [-0.4, -0.2) is 27.5 Å². The van der Waals surface area contributed by atoms with Gasteiger partial charge in [0.1, 0.15) is 5.69 Å². The predicted octanol–water partition coefficient (Wildman–Crippen LogP) is 2.55. The second-order valence-corrected chi connectivity index (χ2v) is 5.84. The van der Waals surface area contributed by atoms with Crippen molar-refractivity contribution >= 4 is 22.4 Å². The van der Waals surface area contributed by atoms with Crippen molar-refractivity contribution in [1.82, 2.24) is 19.9 Å². The fraction of sp³-hybridized carbons (Fsp3) is 0.188. The summed E-state index contributed by atoms with van der Waals surface area (Å²) in [6, 6.07) is 9.73. The van der Waals surface area contributed by atoms with E-state index in [2.05, 4.69) is 20.6 Å². The van der Waals surface area contributed by atoms with Gasteiger partial charge in [-0.2, -0.15) is 0 Å². The zero-order chi connectivity index (χ0) is 16.1. The lowest BCUT2D eigenvalue weighted by Crippen LogP contribution is -2.31. The lowest BCUT2D eigenvalue weighted by Gasteiger charge is -2.19. The minimum atomic E-state index is -0.184. The molecular weight excluding hydrogens is 310 g/mol. The van der Waals surface area contributed by atoms with Gasteiger partial charge in [-0.3, -0.25) is 4.79 Å². The Morgan fingerprint density at radius 2 is 2.17 bits per heavy atom. The summed E-state index contributed by atoms with van der Waals surface area (Å²) in [5, 5.41) is 8.47. The van der Waals surface area contributed by atoms with Crippen LogP contribution in [0.5, 0.6) is 0 Å². The zero-order valence-electron chi connectivity index (χ0n) is 12.6. The summed E-state index contributed by atoms with van der Waals surface area (Å²) >= 11 is 1.41. The van der Waals surface area contributed by atoms with Crippen molar-refractivity contribution in [3.8, 4) is 0 Å². The number of imidazole rings is 1. The highest BCUT2D eigenvalue weighted by molar-refractivity contribution is 7.13. The van der Waals surface area contributed by atoms with E-state index in [-0.39, 0.29) is 11.9 Å². The number of thiazole rings is 1. The maximum atomic E-state index is 12.5. The molecule has 1 atom stereocenters. The van der Waals surface area contributed by atoms with E-state index in [0.29, 0.717) is 12.2 Å². The number of carbonyl (C=O) groups is 1. The molecule has 1 aromatic carbocycles. The van der Waals surface area contributed by atoms with E-state index in [1.54, 1.807) is 25.0 Å². The minimum Gasteiger partial charge on any atom is -0.365 e. The van der Waals surface area contributed by atoms with Crippen molar-refractivity contribution in [2.24, 2.45) is 0 Å². The molecule has 3 rings (SSSR count). The summed E-state index contributed by atoms with van der Waals surface area (Å²) in [6.45, 7) is 0.610. The number of nitrogens with one attached hydrogen (secondary N) is 2. The van der Waals surface area contributed by atoms with Crippen molar-refractivity contribution in [3.63, 3.8) is 0 Å². The van der Waals surface area contributed by atoms with Gasteiger partial charge in [-0.25, -0.2) is 9.97 Å². The van der Waals surface area contributed by atoms with Gasteiger partial charge in [-0.15, -0.1) is 11.3 Å². The molecule has 2 N–H and O–H groups in total. The Morgan fingerprint density at radius 3 is 2.83 bits per heavy atom. The van der Waals surface area contributed by atoms with Crippen molar-refractivity contribution in [2.75, 3.05) is 12.4 Å². The maximum Gasteiger partial charge on any atom is 0.271 e. The van der Waals surface area contributed by atoms with E-state index < -0.39 is 0 Å². The van der Waals surface area contributed by atoms with Crippen molar-refractivity contribution in [3.05, 3.63) is 65.7 Å². The topological polar surface area (TPSA) is 71.8 Å². The average Bonchev–Trinajstić information content (AvgIpc) is 3.26. The van der Waals surface area contributed by atoms with E-state index in [4.69, 9.17) is 0 Å². The number of benzene rings is 1. The van der Waals surface area contributed by atoms with Crippen LogP contribution in [0.1, 0.15) is 22.1 Å². The second-order valence-electron chi connectivity index (χ2n) is 4.98. The summed E-state index contributed by atoms with van der Waals surface area (Å²) in [7, 11) is 1.78. The van der Waals surface area contributed by atoms with E-state index >= 15 is 0 Å². The average molecular weight is 327 g/mol. The van der Waals surface area contributed by atoms with Crippen LogP contribution < -0.4 is 10.6 Å². The number of hydrogen-bond donors (Lipinski definition) is 2. The van der Waals surface area contributed by atoms with Gasteiger partial charge < -0.3 is 15.2 Å². The van der Waals surface area contributed by atoms with Crippen LogP contribution in [0.2, 0.25) is 0 Å². The van der Waals surface area contributed by atoms with Crippen LogP contribution in [0, 0.1) is 0 Å². The molecule has 0 aliphatic rings. The quantitative estimate of drug-likeness (QED) is 0.730. The number of nitrogens with zero attached hydrogens (tertiary/aromatic N) is 3. The highest BCUT2D eigenvalue weighted by Crippen LogP contribution is 2.18. The van der Waals surface area contributed by atoms with E-state index in [9.17, 15) is 4.79 Å². The number of amides is 1. The highest BCUT2D eigenvalue weighted by atomic mass is 32.1. The first kappa shape index (κ1) is 15.2. The van der Waals surface area contributed by atoms with Crippen molar-refractivity contribution in [2.45, 2.75) is 12.6 Å². The number of anilines is 1. The summed E-state index contributed by atoms with van der Waals surface area (Å²) in [4.78, 5) is 20.8. The molecule has 0 aliphatic heterocycles. The first-order valence-corrected chi connectivity index (χ1v) is 8.09. The Labute approximate surface area is 138 Å². The van der Waals surface area contributed by atoms with Gasteiger partial charge in [-0.1, -0.05) is 30.3 Å². The van der Waals surface area contributed by atoms with Gasteiger partial charge in [0, 0.05) is 31.4 Å². The van der Waals surface area contributed by atoms with Crippen molar-refractivity contribution in [1.29, 1.82) is 0 Å². The lowest BCUT2D eigenvalue weighted by molar-refractivity contribution is 0.0928. The van der Waals surface area contributed by atoms with E-state index in [0.717, 1.165) is 10.7 Å². The predicted molar refractivity (Wildman–Crippen MR) is 90.5 cm³/mol. The Balaban J connectivity index is 1.79. The van der Waals surface area contributed by atoms with E-state index in [1.807, 2.05) is 41.1 Å². The normalized spacial score (nSPS) is 11.9. The Morgan fingerprint density at radius 1 is 1.35 bits per heavy atom. The summed E-state index contributed by atoms with van der Waals surface area (Å²) in [5.41, 5.74) is 1.46. The van der Waals surface area contributed by atoms with Crippen LogP contribution in [0.15, 0.2) is 54.4 Å². The molecule has 0 fully saturated rings. The molecule has 0 aliphatic carbocycles. The molecule has 0 spiro atoms. The number of rotatable bonds is 6. The number of hydrogen-bond acceptors (Lipinski definition) is 5. The first-order chi connectivity index (χ1) is 11.3. The monoisotopic (exact) mass is 327 g/mol. The van der Waals surface area contributed by atoms with Crippen LogP contribution in [-0.2, 0) is 6.54 Å². The molecule has 0 bridgehead atoms. The highest BCUT2D eigenvalue weighted by Gasteiger charge is 2.18. The molecule has 6 nitrogen and oxygen atoms in total. The molecule has 2 aromatic heterocycles. The van der Waals surface area contributed by atoms with Gasteiger partial charge in [-0.05, 0) is 5.56 Å². The summed E-state index contributed by atoms with van der Waals surface area (Å²) in [5.74, 6) is -0.184. The standard InChI is InChI=1S/C16H17N5OS/c1-17-16-20-14(10-23-16)15(22)19-13(9-21-8-7-18-11-21)12-5-3-2-4-6-12/h2-8,10-11,13H,9H2,1H3,(H,17,20)(H,19,22)/t13-/m0/s1. The zero-order valence-corrected chi connectivity index (χ0v) is 13.5. The second kappa shape index (κ2) is 7.06. The van der Waals surface area contributed by atoms with Gasteiger partial charge in [0.05, 0.1) is 12.4 Å². The Bertz CT molecular complexity index is 754. The van der Waals surface area contributed by atoms with Crippen LogP contribution >= 0.6 is 11.3 Å². The number of aromatic nitrogens is 3. The van der Waals surface area contributed by atoms with Gasteiger partial charge in [0.25, 0.3) is 5.91 Å². The van der Waals surface area contributed by atoms with Gasteiger partial charge in [0.2, 0.25) is 0 Å². The molecule has 1 amide bonds. The molecule has 3 aromatic rings. The van der Waals surface area contributed by atoms with Crippen LogP contribution in [0.4, 0.5) is 5.13 Å². The van der Waals surface area contributed by atoms with Crippen LogP contribution in [0.3, 0.4) is 0 Å². The number of carbonyl (C=O) groups excluding carboxylic acids is 1. The molecule has 0 saturated heterocycles. The Hall–Kier alpha value is -2.67. The molecule has 23 heavy (non-hydrogen) atoms. The molecule has 2 heterocycles. The first-order valence-electron chi connectivity index (χ1n) is 7.21. The third-order valence-electron chi connectivity index (χ3n) is 3.41. The third-order valence-corrected chi connectivity index (χ3v) is 4.27. The Kier molecular flexibility index (Phi) is 4.68. The molecular formula is C16H17N5OS. The van der Waals surface area contributed by atoms with Gasteiger partial charge in [0.15, 0.2) is 5.13 Å². The van der Waals surface area contributed by atoms with Crippen LogP contribution in [0.25, 0.3) is 0 Å². The summed E-state index contributed by atoms with van der Waals surface area (Å²) in [6.07, 6.45) is 5.34. The smallest absolute Gasteiger partial charge is 0.271 e. The summed E-state index contributed by atoms with van der Waals surface area (Å²) < 4.78 is 1.94. The molecule has 118 valence electrons.